The van der Waals surface area contributed by atoms with E-state index in [4.69, 9.17) is 0 Å². The maximum absolute atomic E-state index is 12.0. The minimum atomic E-state index is -0.0116. The molecule has 1 heterocycles. The molecule has 0 bridgehead atoms. The minimum Gasteiger partial charge on any atom is -0.352 e. The van der Waals surface area contributed by atoms with E-state index < -0.39 is 0 Å². The lowest BCUT2D eigenvalue weighted by molar-refractivity contribution is 0.0956. The second-order valence-corrected chi connectivity index (χ2v) is 6.08. The van der Waals surface area contributed by atoms with Crippen molar-refractivity contribution >= 4 is 5.91 Å². The summed E-state index contributed by atoms with van der Waals surface area (Å²) in [4.78, 5) is 14.5. The Bertz CT molecular complexity index is 648. The maximum Gasteiger partial charge on any atom is 0.251 e. The van der Waals surface area contributed by atoms with Crippen LogP contribution < -0.4 is 10.6 Å². The molecule has 1 aliphatic heterocycles. The lowest BCUT2D eigenvalue weighted by atomic mass is 9.95. The van der Waals surface area contributed by atoms with Gasteiger partial charge in [0.25, 0.3) is 5.91 Å². The fraction of sp³-hybridized carbons (Fsp3) is 0.350. The first-order valence-electron chi connectivity index (χ1n) is 8.67. The SMILES string of the molecule is CCNC(=O)c1ccc(C(c2ccccc2)N2CCNCC2)cc1. The second kappa shape index (κ2) is 8.08. The zero-order valence-electron chi connectivity index (χ0n) is 14.2. The van der Waals surface area contributed by atoms with Crippen LogP contribution in [0.2, 0.25) is 0 Å². The average Bonchev–Trinajstić information content (AvgIpc) is 2.64. The third kappa shape index (κ3) is 3.83. The first-order chi connectivity index (χ1) is 11.8. The summed E-state index contributed by atoms with van der Waals surface area (Å²) in [6, 6.07) is 18.9. The van der Waals surface area contributed by atoms with Gasteiger partial charge in [0.2, 0.25) is 0 Å². The van der Waals surface area contributed by atoms with Crippen LogP contribution in [0.15, 0.2) is 54.6 Å². The molecule has 2 N–H and O–H groups in total. The van der Waals surface area contributed by atoms with Gasteiger partial charge < -0.3 is 10.6 Å². The molecule has 0 aliphatic carbocycles. The molecule has 1 atom stereocenters. The third-order valence-electron chi connectivity index (χ3n) is 4.46. The highest BCUT2D eigenvalue weighted by molar-refractivity contribution is 5.94. The number of piperazine rings is 1. The number of rotatable bonds is 5. The van der Waals surface area contributed by atoms with Gasteiger partial charge in [-0.25, -0.2) is 0 Å². The van der Waals surface area contributed by atoms with Crippen LogP contribution in [0.5, 0.6) is 0 Å². The van der Waals surface area contributed by atoms with Crippen LogP contribution in [0.4, 0.5) is 0 Å². The number of carbonyl (C=O) groups is 1. The number of nitrogens with zero attached hydrogens (tertiary/aromatic N) is 1. The van der Waals surface area contributed by atoms with Gasteiger partial charge in [-0.05, 0) is 30.2 Å². The van der Waals surface area contributed by atoms with Crippen LogP contribution in [0, 0.1) is 0 Å². The van der Waals surface area contributed by atoms with E-state index in [9.17, 15) is 4.79 Å². The summed E-state index contributed by atoms with van der Waals surface area (Å²) in [7, 11) is 0. The molecule has 1 amide bonds. The summed E-state index contributed by atoms with van der Waals surface area (Å²) in [5.74, 6) is -0.0116. The van der Waals surface area contributed by atoms with Crippen LogP contribution in [-0.4, -0.2) is 43.5 Å². The Labute approximate surface area is 143 Å². The summed E-state index contributed by atoms with van der Waals surface area (Å²) in [6.45, 7) is 6.66. The molecule has 1 saturated heterocycles. The fourth-order valence-corrected chi connectivity index (χ4v) is 3.27. The van der Waals surface area contributed by atoms with Crippen LogP contribution in [0.1, 0.15) is 34.5 Å². The normalized spacial score (nSPS) is 16.5. The summed E-state index contributed by atoms with van der Waals surface area (Å²) in [6.07, 6.45) is 0. The molecule has 0 radical (unpaired) electrons. The van der Waals surface area contributed by atoms with Crippen molar-refractivity contribution in [3.05, 3.63) is 71.3 Å². The molecule has 1 unspecified atom stereocenters. The predicted octanol–water partition coefficient (Wildman–Crippen LogP) is 2.43. The van der Waals surface area contributed by atoms with Crippen LogP contribution in [0.3, 0.4) is 0 Å². The van der Waals surface area contributed by atoms with Gasteiger partial charge in [0, 0.05) is 38.3 Å². The Morgan fingerprint density at radius 3 is 2.29 bits per heavy atom. The van der Waals surface area contributed by atoms with Gasteiger partial charge in [0.1, 0.15) is 0 Å². The Kier molecular flexibility index (Phi) is 5.62. The molecule has 4 heteroatoms. The number of nitrogens with one attached hydrogen (secondary N) is 2. The molecule has 2 aromatic rings. The number of hydrogen-bond donors (Lipinski definition) is 2. The Hall–Kier alpha value is -2.17. The van der Waals surface area contributed by atoms with Gasteiger partial charge in [-0.3, -0.25) is 9.69 Å². The predicted molar refractivity (Wildman–Crippen MR) is 97.2 cm³/mol. The van der Waals surface area contributed by atoms with E-state index >= 15 is 0 Å². The molecule has 126 valence electrons. The molecule has 3 rings (SSSR count). The molecule has 1 fully saturated rings. The summed E-state index contributed by atoms with van der Waals surface area (Å²) < 4.78 is 0. The molecule has 0 spiro atoms. The number of amides is 1. The molecule has 1 aliphatic rings. The molecule has 0 saturated carbocycles. The van der Waals surface area contributed by atoms with Crippen molar-refractivity contribution < 1.29 is 4.79 Å². The van der Waals surface area contributed by atoms with Gasteiger partial charge in [0.05, 0.1) is 6.04 Å². The van der Waals surface area contributed by atoms with E-state index in [1.807, 2.05) is 19.1 Å². The zero-order chi connectivity index (χ0) is 16.8. The average molecular weight is 323 g/mol. The second-order valence-electron chi connectivity index (χ2n) is 6.08. The molecule has 0 aromatic heterocycles. The summed E-state index contributed by atoms with van der Waals surface area (Å²) >= 11 is 0. The molecule has 4 nitrogen and oxygen atoms in total. The van der Waals surface area contributed by atoms with E-state index in [1.54, 1.807) is 0 Å². The Morgan fingerprint density at radius 1 is 1.04 bits per heavy atom. The maximum atomic E-state index is 12.0. The van der Waals surface area contributed by atoms with Crippen molar-refractivity contribution in [2.45, 2.75) is 13.0 Å². The summed E-state index contributed by atoms with van der Waals surface area (Å²) in [5, 5.41) is 6.26. The Balaban J connectivity index is 1.89. The van der Waals surface area contributed by atoms with Crippen molar-refractivity contribution in [2.24, 2.45) is 0 Å². The van der Waals surface area contributed by atoms with Crippen LogP contribution in [-0.2, 0) is 0 Å². The highest BCUT2D eigenvalue weighted by Gasteiger charge is 2.23. The van der Waals surface area contributed by atoms with Gasteiger partial charge in [-0.15, -0.1) is 0 Å². The van der Waals surface area contributed by atoms with E-state index in [1.165, 1.54) is 11.1 Å². The minimum absolute atomic E-state index is 0.0116. The third-order valence-corrected chi connectivity index (χ3v) is 4.46. The topological polar surface area (TPSA) is 44.4 Å². The van der Waals surface area contributed by atoms with Crippen molar-refractivity contribution in [1.82, 2.24) is 15.5 Å². The first kappa shape index (κ1) is 16.7. The van der Waals surface area contributed by atoms with Crippen LogP contribution in [0.25, 0.3) is 0 Å². The van der Waals surface area contributed by atoms with E-state index in [0.717, 1.165) is 26.2 Å². The highest BCUT2D eigenvalue weighted by atomic mass is 16.1. The van der Waals surface area contributed by atoms with Crippen molar-refractivity contribution in [3.63, 3.8) is 0 Å². The molecule has 2 aromatic carbocycles. The van der Waals surface area contributed by atoms with Gasteiger partial charge in [-0.1, -0.05) is 42.5 Å². The largest absolute Gasteiger partial charge is 0.352 e. The van der Waals surface area contributed by atoms with Crippen LogP contribution >= 0.6 is 0 Å². The van der Waals surface area contributed by atoms with Gasteiger partial charge in [-0.2, -0.15) is 0 Å². The lowest BCUT2D eigenvalue weighted by Gasteiger charge is -2.35. The molecular weight excluding hydrogens is 298 g/mol. The van der Waals surface area contributed by atoms with Crippen molar-refractivity contribution in [2.75, 3.05) is 32.7 Å². The number of benzene rings is 2. The number of hydrogen-bond acceptors (Lipinski definition) is 3. The van der Waals surface area contributed by atoms with Crippen molar-refractivity contribution in [1.29, 1.82) is 0 Å². The standard InChI is InChI=1S/C20H25N3O/c1-2-22-20(24)18-10-8-17(9-11-18)19(16-6-4-3-5-7-16)23-14-12-21-13-15-23/h3-11,19,21H,2,12-15H2,1H3,(H,22,24). The zero-order valence-corrected chi connectivity index (χ0v) is 14.2. The first-order valence-corrected chi connectivity index (χ1v) is 8.67. The molecule has 24 heavy (non-hydrogen) atoms. The monoisotopic (exact) mass is 323 g/mol. The van der Waals surface area contributed by atoms with Gasteiger partial charge in [0.15, 0.2) is 0 Å². The smallest absolute Gasteiger partial charge is 0.251 e. The fourth-order valence-electron chi connectivity index (χ4n) is 3.27. The number of carbonyl (C=O) groups excluding carboxylic acids is 1. The van der Waals surface area contributed by atoms with Crippen molar-refractivity contribution in [3.8, 4) is 0 Å². The summed E-state index contributed by atoms with van der Waals surface area (Å²) in [5.41, 5.74) is 3.24. The van der Waals surface area contributed by atoms with Gasteiger partial charge >= 0.3 is 0 Å². The quantitative estimate of drug-likeness (QED) is 0.888. The van der Waals surface area contributed by atoms with E-state index in [0.29, 0.717) is 12.1 Å². The van der Waals surface area contributed by atoms with E-state index in [-0.39, 0.29) is 11.9 Å². The lowest BCUT2D eigenvalue weighted by Crippen LogP contribution is -2.45. The highest BCUT2D eigenvalue weighted by Crippen LogP contribution is 2.29. The van der Waals surface area contributed by atoms with E-state index in [2.05, 4.69) is 58.0 Å². The molecular formula is C20H25N3O. The Morgan fingerprint density at radius 2 is 1.67 bits per heavy atom.